The molecule has 0 amide bonds. The molecule has 0 heterocycles. The number of anilines is 1. The summed E-state index contributed by atoms with van der Waals surface area (Å²) in [6.45, 7) is 6.81. The van der Waals surface area contributed by atoms with E-state index < -0.39 is 0 Å². The van der Waals surface area contributed by atoms with Gasteiger partial charge in [0.25, 0.3) is 0 Å². The highest BCUT2D eigenvalue weighted by atomic mass is 79.9. The van der Waals surface area contributed by atoms with Crippen molar-refractivity contribution in [2.24, 2.45) is 0 Å². The molecule has 0 aliphatic rings. The van der Waals surface area contributed by atoms with Crippen LogP contribution in [0.3, 0.4) is 0 Å². The smallest absolute Gasteiger partial charge is 0.123 e. The molecule has 0 bridgehead atoms. The maximum absolute atomic E-state index is 5.93. The van der Waals surface area contributed by atoms with E-state index in [-0.39, 0.29) is 0 Å². The Kier molecular flexibility index (Phi) is 4.15. The lowest BCUT2D eigenvalue weighted by molar-refractivity contribution is 0.303. The molecule has 2 aromatic carbocycles. The van der Waals surface area contributed by atoms with Crippen LogP contribution in [0.4, 0.5) is 5.69 Å². The number of nitrogens with two attached hydrogens (primary N) is 1. The van der Waals surface area contributed by atoms with E-state index in [1.54, 1.807) is 0 Å². The van der Waals surface area contributed by atoms with Crippen molar-refractivity contribution >= 4 is 21.6 Å². The van der Waals surface area contributed by atoms with Gasteiger partial charge in [-0.3, -0.25) is 0 Å². The molecule has 100 valence electrons. The standard InChI is InChI=1S/C16H18BrNO/c1-10-6-11(2)12(3)16(7-10)19-9-13-4-5-14(18)8-15(13)17/h4-8H,9,18H2,1-3H3. The molecule has 0 aliphatic heterocycles. The summed E-state index contributed by atoms with van der Waals surface area (Å²) in [5.74, 6) is 0.946. The Morgan fingerprint density at radius 2 is 1.84 bits per heavy atom. The van der Waals surface area contributed by atoms with Crippen LogP contribution in [0.25, 0.3) is 0 Å². The molecule has 0 radical (unpaired) electrons. The summed E-state index contributed by atoms with van der Waals surface area (Å²) in [6, 6.07) is 10.0. The van der Waals surface area contributed by atoms with Gasteiger partial charge in [-0.25, -0.2) is 0 Å². The molecular weight excluding hydrogens is 302 g/mol. The van der Waals surface area contributed by atoms with Crippen LogP contribution in [-0.4, -0.2) is 0 Å². The van der Waals surface area contributed by atoms with Gasteiger partial charge in [-0.2, -0.15) is 0 Å². The maximum Gasteiger partial charge on any atom is 0.123 e. The Morgan fingerprint density at radius 3 is 2.53 bits per heavy atom. The Morgan fingerprint density at radius 1 is 1.11 bits per heavy atom. The quantitative estimate of drug-likeness (QED) is 0.843. The molecule has 0 spiro atoms. The molecule has 3 heteroatoms. The molecular formula is C16H18BrNO. The van der Waals surface area contributed by atoms with Gasteiger partial charge in [0, 0.05) is 15.7 Å². The molecule has 0 unspecified atom stereocenters. The number of nitrogen functional groups attached to an aromatic ring is 1. The van der Waals surface area contributed by atoms with Crippen LogP contribution >= 0.6 is 15.9 Å². The molecule has 2 rings (SSSR count). The third-order valence-electron chi connectivity index (χ3n) is 3.22. The number of aryl methyl sites for hydroxylation is 2. The van der Waals surface area contributed by atoms with E-state index in [1.807, 2.05) is 18.2 Å². The number of hydrogen-bond acceptors (Lipinski definition) is 2. The van der Waals surface area contributed by atoms with E-state index in [1.165, 1.54) is 16.7 Å². The normalized spacial score (nSPS) is 10.5. The summed E-state index contributed by atoms with van der Waals surface area (Å²) in [7, 11) is 0. The van der Waals surface area contributed by atoms with Crippen molar-refractivity contribution in [3.05, 3.63) is 57.1 Å². The van der Waals surface area contributed by atoms with Crippen LogP contribution in [0.5, 0.6) is 5.75 Å². The van der Waals surface area contributed by atoms with Crippen molar-refractivity contribution in [3.63, 3.8) is 0 Å². The zero-order valence-corrected chi connectivity index (χ0v) is 13.0. The van der Waals surface area contributed by atoms with E-state index in [4.69, 9.17) is 10.5 Å². The van der Waals surface area contributed by atoms with Crippen LogP contribution in [0.15, 0.2) is 34.8 Å². The third kappa shape index (κ3) is 3.29. The van der Waals surface area contributed by atoms with E-state index in [0.29, 0.717) is 6.61 Å². The molecule has 0 fully saturated rings. The van der Waals surface area contributed by atoms with Gasteiger partial charge >= 0.3 is 0 Å². The lowest BCUT2D eigenvalue weighted by Crippen LogP contribution is -2.00. The molecule has 19 heavy (non-hydrogen) atoms. The Balaban J connectivity index is 2.19. The fourth-order valence-corrected chi connectivity index (χ4v) is 2.50. The molecule has 0 aromatic heterocycles. The zero-order chi connectivity index (χ0) is 14.0. The van der Waals surface area contributed by atoms with Crippen molar-refractivity contribution in [2.45, 2.75) is 27.4 Å². The van der Waals surface area contributed by atoms with Crippen LogP contribution in [0.2, 0.25) is 0 Å². The fourth-order valence-electron chi connectivity index (χ4n) is 1.99. The van der Waals surface area contributed by atoms with Gasteiger partial charge < -0.3 is 10.5 Å². The maximum atomic E-state index is 5.93. The van der Waals surface area contributed by atoms with Gasteiger partial charge in [0.2, 0.25) is 0 Å². The minimum Gasteiger partial charge on any atom is -0.489 e. The molecule has 2 N–H and O–H groups in total. The molecule has 2 aromatic rings. The van der Waals surface area contributed by atoms with Gasteiger partial charge in [-0.1, -0.05) is 28.1 Å². The SMILES string of the molecule is Cc1cc(C)c(C)c(OCc2ccc(N)cc2Br)c1. The van der Waals surface area contributed by atoms with E-state index in [9.17, 15) is 0 Å². The first kappa shape index (κ1) is 13.9. The van der Waals surface area contributed by atoms with Crippen molar-refractivity contribution in [2.75, 3.05) is 5.73 Å². The summed E-state index contributed by atoms with van der Waals surface area (Å²) < 4.78 is 6.92. The largest absolute Gasteiger partial charge is 0.489 e. The van der Waals surface area contributed by atoms with Crippen LogP contribution < -0.4 is 10.5 Å². The molecule has 0 saturated carbocycles. The Bertz CT molecular complexity index is 608. The van der Waals surface area contributed by atoms with Crippen LogP contribution in [-0.2, 0) is 6.61 Å². The summed E-state index contributed by atoms with van der Waals surface area (Å²) >= 11 is 3.51. The predicted octanol–water partition coefficient (Wildman–Crippen LogP) is 4.54. The lowest BCUT2D eigenvalue weighted by Gasteiger charge is -2.13. The van der Waals surface area contributed by atoms with Gasteiger partial charge in [0.1, 0.15) is 12.4 Å². The Labute approximate surface area is 122 Å². The second-order valence-electron chi connectivity index (χ2n) is 4.84. The van der Waals surface area contributed by atoms with Gasteiger partial charge in [0.05, 0.1) is 0 Å². The number of benzene rings is 2. The predicted molar refractivity (Wildman–Crippen MR) is 83.5 cm³/mol. The number of hydrogen-bond donors (Lipinski definition) is 1. The molecule has 0 saturated heterocycles. The Hall–Kier alpha value is -1.48. The van der Waals surface area contributed by atoms with E-state index >= 15 is 0 Å². The van der Waals surface area contributed by atoms with Crippen LogP contribution in [0.1, 0.15) is 22.3 Å². The summed E-state index contributed by atoms with van der Waals surface area (Å²) in [4.78, 5) is 0. The number of rotatable bonds is 3. The number of ether oxygens (including phenoxy) is 1. The fraction of sp³-hybridized carbons (Fsp3) is 0.250. The second kappa shape index (κ2) is 5.66. The topological polar surface area (TPSA) is 35.2 Å². The lowest BCUT2D eigenvalue weighted by atomic mass is 10.1. The highest BCUT2D eigenvalue weighted by Crippen LogP contribution is 2.26. The monoisotopic (exact) mass is 319 g/mol. The first-order chi connectivity index (χ1) is 8.97. The first-order valence-electron chi connectivity index (χ1n) is 6.22. The minimum atomic E-state index is 0.532. The summed E-state index contributed by atoms with van der Waals surface area (Å²) in [5.41, 5.74) is 11.2. The highest BCUT2D eigenvalue weighted by molar-refractivity contribution is 9.10. The average Bonchev–Trinajstić information content (AvgIpc) is 2.33. The van der Waals surface area contributed by atoms with Crippen molar-refractivity contribution < 1.29 is 4.74 Å². The highest BCUT2D eigenvalue weighted by Gasteiger charge is 2.06. The van der Waals surface area contributed by atoms with Gasteiger partial charge in [0.15, 0.2) is 0 Å². The third-order valence-corrected chi connectivity index (χ3v) is 3.96. The minimum absolute atomic E-state index is 0.532. The van der Waals surface area contributed by atoms with Gasteiger partial charge in [-0.15, -0.1) is 0 Å². The van der Waals surface area contributed by atoms with Crippen molar-refractivity contribution in [1.82, 2.24) is 0 Å². The molecule has 0 atom stereocenters. The van der Waals surface area contributed by atoms with Crippen molar-refractivity contribution in [3.8, 4) is 5.75 Å². The molecule has 2 nitrogen and oxygen atoms in total. The first-order valence-corrected chi connectivity index (χ1v) is 7.01. The molecule has 0 aliphatic carbocycles. The van der Waals surface area contributed by atoms with E-state index in [2.05, 4.69) is 48.8 Å². The van der Waals surface area contributed by atoms with Crippen LogP contribution in [0, 0.1) is 20.8 Å². The van der Waals surface area contributed by atoms with Crippen molar-refractivity contribution in [1.29, 1.82) is 0 Å². The van der Waals surface area contributed by atoms with E-state index in [0.717, 1.165) is 21.5 Å². The summed E-state index contributed by atoms with van der Waals surface area (Å²) in [6.07, 6.45) is 0. The zero-order valence-electron chi connectivity index (χ0n) is 11.5. The second-order valence-corrected chi connectivity index (χ2v) is 5.70. The number of halogens is 1. The van der Waals surface area contributed by atoms with Gasteiger partial charge in [-0.05, 0) is 55.7 Å². The summed E-state index contributed by atoms with van der Waals surface area (Å²) in [5, 5.41) is 0. The average molecular weight is 320 g/mol.